The summed E-state index contributed by atoms with van der Waals surface area (Å²) in [4.78, 5) is 0. The number of nitrogens with one attached hydrogen (secondary N) is 1. The highest BCUT2D eigenvalue weighted by atomic mass is 35.5. The Morgan fingerprint density at radius 3 is 1.88 bits per heavy atom. The van der Waals surface area contributed by atoms with Crippen LogP contribution in [0.25, 0.3) is 0 Å². The summed E-state index contributed by atoms with van der Waals surface area (Å²) in [5.74, 6) is 2.79. The van der Waals surface area contributed by atoms with Gasteiger partial charge in [0.05, 0.1) is 28.4 Å². The minimum Gasteiger partial charge on any atom is -0.496 e. The Hall–Kier alpha value is -2.11. The molecule has 0 heterocycles. The van der Waals surface area contributed by atoms with E-state index in [1.54, 1.807) is 28.4 Å². The van der Waals surface area contributed by atoms with Crippen molar-refractivity contribution in [2.75, 3.05) is 28.4 Å². The van der Waals surface area contributed by atoms with E-state index in [1.807, 2.05) is 36.4 Å². The van der Waals surface area contributed by atoms with Crippen LogP contribution in [0.3, 0.4) is 0 Å². The van der Waals surface area contributed by atoms with Gasteiger partial charge in [-0.05, 0) is 23.8 Å². The molecule has 0 fully saturated rings. The first kappa shape index (κ1) is 19.9. The molecule has 2 aromatic rings. The van der Waals surface area contributed by atoms with Crippen LogP contribution in [0.2, 0.25) is 0 Å². The summed E-state index contributed by atoms with van der Waals surface area (Å²) in [6.45, 7) is 1.38. The molecule has 5 nitrogen and oxygen atoms in total. The topological polar surface area (TPSA) is 49.0 Å². The summed E-state index contributed by atoms with van der Waals surface area (Å²) >= 11 is 0. The maximum absolute atomic E-state index is 5.37. The second-order valence-electron chi connectivity index (χ2n) is 4.95. The van der Waals surface area contributed by atoms with Crippen molar-refractivity contribution in [1.82, 2.24) is 5.32 Å². The number of hydrogen-bond donors (Lipinski definition) is 1. The van der Waals surface area contributed by atoms with Crippen LogP contribution in [0, 0.1) is 0 Å². The molecule has 0 amide bonds. The van der Waals surface area contributed by atoms with Gasteiger partial charge in [0.2, 0.25) is 5.75 Å². The van der Waals surface area contributed by atoms with Crippen molar-refractivity contribution in [3.05, 3.63) is 47.5 Å². The highest BCUT2D eigenvalue weighted by Crippen LogP contribution is 2.38. The number of rotatable bonds is 8. The molecule has 1 N–H and O–H groups in total. The summed E-state index contributed by atoms with van der Waals surface area (Å²) in [6, 6.07) is 11.8. The van der Waals surface area contributed by atoms with Gasteiger partial charge in [-0.15, -0.1) is 12.4 Å². The Morgan fingerprint density at radius 1 is 0.750 bits per heavy atom. The number of ether oxygens (including phenoxy) is 4. The van der Waals surface area contributed by atoms with E-state index >= 15 is 0 Å². The van der Waals surface area contributed by atoms with Crippen LogP contribution in [-0.2, 0) is 13.1 Å². The molecular weight excluding hydrogens is 330 g/mol. The molecule has 6 heteroatoms. The number of halogens is 1. The minimum atomic E-state index is 0. The predicted molar refractivity (Wildman–Crippen MR) is 96.9 cm³/mol. The predicted octanol–water partition coefficient (Wildman–Crippen LogP) is 3.43. The third-order valence-corrected chi connectivity index (χ3v) is 3.56. The highest BCUT2D eigenvalue weighted by molar-refractivity contribution is 5.85. The first-order chi connectivity index (χ1) is 11.2. The zero-order valence-corrected chi connectivity index (χ0v) is 15.2. The molecule has 0 bridgehead atoms. The summed E-state index contributed by atoms with van der Waals surface area (Å²) in [5.41, 5.74) is 2.16. The monoisotopic (exact) mass is 353 g/mol. The van der Waals surface area contributed by atoms with Crippen LogP contribution < -0.4 is 24.3 Å². The molecule has 0 radical (unpaired) electrons. The van der Waals surface area contributed by atoms with Crippen molar-refractivity contribution >= 4 is 12.4 Å². The van der Waals surface area contributed by atoms with Gasteiger partial charge in [0.1, 0.15) is 5.75 Å². The fourth-order valence-electron chi connectivity index (χ4n) is 2.43. The molecule has 0 aliphatic carbocycles. The van der Waals surface area contributed by atoms with Crippen molar-refractivity contribution in [3.63, 3.8) is 0 Å². The van der Waals surface area contributed by atoms with Gasteiger partial charge in [0.15, 0.2) is 11.5 Å². The molecule has 0 saturated carbocycles. The van der Waals surface area contributed by atoms with Crippen molar-refractivity contribution in [3.8, 4) is 23.0 Å². The number of benzene rings is 2. The van der Waals surface area contributed by atoms with Crippen molar-refractivity contribution in [2.24, 2.45) is 0 Å². The van der Waals surface area contributed by atoms with Crippen LogP contribution in [0.5, 0.6) is 23.0 Å². The molecule has 0 saturated heterocycles. The smallest absolute Gasteiger partial charge is 0.203 e. The van der Waals surface area contributed by atoms with Crippen molar-refractivity contribution < 1.29 is 18.9 Å². The standard InChI is InChI=1S/C18H23NO4.ClH/c1-20-15-8-6-5-7-14(15)12-19-11-13-9-16(21-2)18(23-4)17(10-13)22-3;/h5-10,19H,11-12H2,1-4H3;1H. The van der Waals surface area contributed by atoms with E-state index in [9.17, 15) is 0 Å². The van der Waals surface area contributed by atoms with E-state index in [2.05, 4.69) is 5.32 Å². The normalized spacial score (nSPS) is 9.83. The van der Waals surface area contributed by atoms with Gasteiger partial charge in [-0.1, -0.05) is 18.2 Å². The average molecular weight is 354 g/mol. The average Bonchev–Trinajstić information content (AvgIpc) is 2.61. The number of hydrogen-bond acceptors (Lipinski definition) is 5. The highest BCUT2D eigenvalue weighted by Gasteiger charge is 2.13. The molecule has 2 rings (SSSR count). The lowest BCUT2D eigenvalue weighted by Crippen LogP contribution is -2.13. The van der Waals surface area contributed by atoms with E-state index in [-0.39, 0.29) is 12.4 Å². The molecule has 0 atom stereocenters. The molecule has 0 spiro atoms. The minimum absolute atomic E-state index is 0. The Bertz CT molecular complexity index is 624. The molecule has 2 aromatic carbocycles. The summed E-state index contributed by atoms with van der Waals surface area (Å²) in [6.07, 6.45) is 0. The van der Waals surface area contributed by atoms with Crippen LogP contribution in [0.4, 0.5) is 0 Å². The maximum Gasteiger partial charge on any atom is 0.203 e. The van der Waals surface area contributed by atoms with E-state index in [0.717, 1.165) is 16.9 Å². The lowest BCUT2D eigenvalue weighted by molar-refractivity contribution is 0.323. The van der Waals surface area contributed by atoms with E-state index in [1.165, 1.54) is 0 Å². The van der Waals surface area contributed by atoms with Crippen molar-refractivity contribution in [1.29, 1.82) is 0 Å². The first-order valence-electron chi connectivity index (χ1n) is 7.35. The van der Waals surface area contributed by atoms with Gasteiger partial charge in [-0.2, -0.15) is 0 Å². The van der Waals surface area contributed by atoms with Gasteiger partial charge in [-0.25, -0.2) is 0 Å². The van der Waals surface area contributed by atoms with Gasteiger partial charge in [-0.3, -0.25) is 0 Å². The van der Waals surface area contributed by atoms with E-state index < -0.39 is 0 Å². The fourth-order valence-corrected chi connectivity index (χ4v) is 2.43. The van der Waals surface area contributed by atoms with Crippen molar-refractivity contribution in [2.45, 2.75) is 13.1 Å². The van der Waals surface area contributed by atoms with E-state index in [4.69, 9.17) is 18.9 Å². The van der Waals surface area contributed by atoms with Crippen LogP contribution in [0.1, 0.15) is 11.1 Å². The van der Waals surface area contributed by atoms with Crippen LogP contribution in [0.15, 0.2) is 36.4 Å². The third kappa shape index (κ3) is 4.69. The van der Waals surface area contributed by atoms with Crippen LogP contribution in [-0.4, -0.2) is 28.4 Å². The molecule has 24 heavy (non-hydrogen) atoms. The van der Waals surface area contributed by atoms with Gasteiger partial charge in [0.25, 0.3) is 0 Å². The molecule has 0 aliphatic rings. The second-order valence-corrected chi connectivity index (χ2v) is 4.95. The third-order valence-electron chi connectivity index (χ3n) is 3.56. The first-order valence-corrected chi connectivity index (χ1v) is 7.35. The Morgan fingerprint density at radius 2 is 1.33 bits per heavy atom. The van der Waals surface area contributed by atoms with Gasteiger partial charge < -0.3 is 24.3 Å². The fraction of sp³-hybridized carbons (Fsp3) is 0.333. The lowest BCUT2D eigenvalue weighted by atomic mass is 10.1. The molecule has 0 aromatic heterocycles. The van der Waals surface area contributed by atoms with Gasteiger partial charge >= 0.3 is 0 Å². The Labute approximate surface area is 149 Å². The number of methoxy groups -OCH3 is 4. The summed E-state index contributed by atoms with van der Waals surface area (Å²) in [7, 11) is 6.50. The maximum atomic E-state index is 5.37. The largest absolute Gasteiger partial charge is 0.496 e. The zero-order valence-electron chi connectivity index (χ0n) is 14.4. The van der Waals surface area contributed by atoms with E-state index in [0.29, 0.717) is 30.3 Å². The summed E-state index contributed by atoms with van der Waals surface area (Å²) in [5, 5.41) is 3.40. The molecule has 0 unspecified atom stereocenters. The molecule has 132 valence electrons. The second kappa shape index (κ2) is 9.90. The van der Waals surface area contributed by atoms with Gasteiger partial charge in [0, 0.05) is 18.7 Å². The van der Waals surface area contributed by atoms with Crippen LogP contribution >= 0.6 is 12.4 Å². The number of para-hydroxylation sites is 1. The Balaban J connectivity index is 0.00000288. The molecular formula is C18H24ClNO4. The molecule has 0 aliphatic heterocycles. The zero-order chi connectivity index (χ0) is 16.7. The quantitative estimate of drug-likeness (QED) is 0.787. The SMILES string of the molecule is COc1ccccc1CNCc1cc(OC)c(OC)c(OC)c1.Cl. The Kier molecular flexibility index (Phi) is 8.22. The lowest BCUT2D eigenvalue weighted by Gasteiger charge is -2.15. The summed E-state index contributed by atoms with van der Waals surface area (Å²) < 4.78 is 21.4.